The number of rotatable bonds is 7. The van der Waals surface area contributed by atoms with Gasteiger partial charge in [0.1, 0.15) is 0 Å². The van der Waals surface area contributed by atoms with Crippen molar-refractivity contribution in [1.82, 2.24) is 0 Å². The zero-order chi connectivity index (χ0) is 19.9. The van der Waals surface area contributed by atoms with Crippen LogP contribution < -0.4 is 10.6 Å². The first kappa shape index (κ1) is 20.3. The van der Waals surface area contributed by atoms with Gasteiger partial charge < -0.3 is 15.4 Å². The van der Waals surface area contributed by atoms with Gasteiger partial charge >= 0.3 is 12.1 Å². The molecule has 2 aromatic rings. The second-order valence-corrected chi connectivity index (χ2v) is 5.57. The summed E-state index contributed by atoms with van der Waals surface area (Å²) in [7, 11) is 0. The fraction of sp³-hybridized carbons (Fsp3) is 0.263. The standard InChI is InChI=1S/C19H19F3N2O3/c1-2-27-18(26)15-5-3-4-6-16(15)24-17(25)11-12-23-14-9-7-13(8-10-14)19(20,21)22/h3-10,23H,2,11-12H2,1H3,(H,24,25). The third-order valence-electron chi connectivity index (χ3n) is 3.59. The highest BCUT2D eigenvalue weighted by molar-refractivity contribution is 6.01. The number of halogens is 3. The second kappa shape index (κ2) is 9.07. The van der Waals surface area contributed by atoms with E-state index in [4.69, 9.17) is 4.74 Å². The molecule has 2 rings (SSSR count). The van der Waals surface area contributed by atoms with Crippen molar-refractivity contribution in [3.63, 3.8) is 0 Å². The van der Waals surface area contributed by atoms with Crippen LogP contribution in [0.15, 0.2) is 48.5 Å². The molecule has 2 aromatic carbocycles. The third kappa shape index (κ3) is 6.02. The fourth-order valence-corrected chi connectivity index (χ4v) is 2.29. The van der Waals surface area contributed by atoms with Gasteiger partial charge in [-0.2, -0.15) is 13.2 Å². The minimum atomic E-state index is -4.38. The summed E-state index contributed by atoms with van der Waals surface area (Å²) in [5.74, 6) is -0.873. The number of hydrogen-bond acceptors (Lipinski definition) is 4. The highest BCUT2D eigenvalue weighted by atomic mass is 19.4. The molecule has 5 nitrogen and oxygen atoms in total. The van der Waals surface area contributed by atoms with Crippen LogP contribution in [-0.2, 0) is 15.7 Å². The first-order valence-corrected chi connectivity index (χ1v) is 8.28. The molecule has 1 amide bonds. The molecule has 0 aliphatic carbocycles. The number of anilines is 2. The van der Waals surface area contributed by atoms with Crippen LogP contribution in [0.4, 0.5) is 24.5 Å². The number of ether oxygens (including phenoxy) is 1. The van der Waals surface area contributed by atoms with E-state index >= 15 is 0 Å². The highest BCUT2D eigenvalue weighted by Gasteiger charge is 2.29. The maximum atomic E-state index is 12.5. The van der Waals surface area contributed by atoms with E-state index in [1.54, 1.807) is 31.2 Å². The molecule has 0 fully saturated rings. The van der Waals surface area contributed by atoms with Gasteiger partial charge in [-0.1, -0.05) is 12.1 Å². The quantitative estimate of drug-likeness (QED) is 0.702. The van der Waals surface area contributed by atoms with E-state index in [-0.39, 0.29) is 31.0 Å². The molecule has 0 radical (unpaired) electrons. The molecule has 0 bridgehead atoms. The molecule has 8 heteroatoms. The van der Waals surface area contributed by atoms with Crippen molar-refractivity contribution in [2.24, 2.45) is 0 Å². The molecule has 0 atom stereocenters. The average molecular weight is 380 g/mol. The van der Waals surface area contributed by atoms with E-state index in [1.807, 2.05) is 0 Å². The Labute approximate surface area is 154 Å². The van der Waals surface area contributed by atoms with Crippen LogP contribution >= 0.6 is 0 Å². The molecule has 0 aliphatic heterocycles. The summed E-state index contributed by atoms with van der Waals surface area (Å²) in [6.45, 7) is 2.13. The first-order chi connectivity index (χ1) is 12.8. The van der Waals surface area contributed by atoms with Crippen LogP contribution in [0.5, 0.6) is 0 Å². The van der Waals surface area contributed by atoms with Crippen molar-refractivity contribution in [2.45, 2.75) is 19.5 Å². The van der Waals surface area contributed by atoms with Gasteiger partial charge in [0, 0.05) is 18.7 Å². The molecule has 0 aliphatic rings. The minimum absolute atomic E-state index is 0.0676. The van der Waals surface area contributed by atoms with E-state index in [0.29, 0.717) is 11.4 Å². The molecule has 2 N–H and O–H groups in total. The molecule has 0 spiro atoms. The lowest BCUT2D eigenvalue weighted by atomic mass is 10.1. The Morgan fingerprint density at radius 2 is 1.70 bits per heavy atom. The number of amides is 1. The molecule has 144 valence electrons. The molecule has 0 aromatic heterocycles. The van der Waals surface area contributed by atoms with Crippen molar-refractivity contribution in [2.75, 3.05) is 23.8 Å². The lowest BCUT2D eigenvalue weighted by molar-refractivity contribution is -0.137. The normalized spacial score (nSPS) is 11.0. The van der Waals surface area contributed by atoms with E-state index in [1.165, 1.54) is 12.1 Å². The van der Waals surface area contributed by atoms with E-state index in [2.05, 4.69) is 10.6 Å². The van der Waals surface area contributed by atoms with Crippen molar-refractivity contribution >= 4 is 23.3 Å². The maximum absolute atomic E-state index is 12.5. The van der Waals surface area contributed by atoms with Crippen molar-refractivity contribution in [3.05, 3.63) is 59.7 Å². The predicted octanol–water partition coefficient (Wildman–Crippen LogP) is 4.32. The van der Waals surface area contributed by atoms with Gasteiger partial charge in [0.15, 0.2) is 0 Å². The first-order valence-electron chi connectivity index (χ1n) is 8.28. The summed E-state index contributed by atoms with van der Waals surface area (Å²) < 4.78 is 42.5. The Balaban J connectivity index is 1.88. The molecule has 0 heterocycles. The summed E-state index contributed by atoms with van der Waals surface area (Å²) in [5.41, 5.74) is 0.336. The van der Waals surface area contributed by atoms with Crippen molar-refractivity contribution in [1.29, 1.82) is 0 Å². The molecule has 27 heavy (non-hydrogen) atoms. The Bertz CT molecular complexity index is 790. The Kier molecular flexibility index (Phi) is 6.81. The van der Waals surface area contributed by atoms with Gasteiger partial charge in [0.25, 0.3) is 0 Å². The van der Waals surface area contributed by atoms with Crippen molar-refractivity contribution in [3.8, 4) is 0 Å². The highest BCUT2D eigenvalue weighted by Crippen LogP contribution is 2.29. The van der Waals surface area contributed by atoms with E-state index in [9.17, 15) is 22.8 Å². The molecular weight excluding hydrogens is 361 g/mol. The predicted molar refractivity (Wildman–Crippen MR) is 95.6 cm³/mol. The van der Waals surface area contributed by atoms with Gasteiger partial charge in [-0.25, -0.2) is 4.79 Å². The number of esters is 1. The van der Waals surface area contributed by atoms with Crippen LogP contribution in [0.1, 0.15) is 29.3 Å². The Morgan fingerprint density at radius 3 is 2.33 bits per heavy atom. The van der Waals surface area contributed by atoms with E-state index in [0.717, 1.165) is 12.1 Å². The second-order valence-electron chi connectivity index (χ2n) is 5.57. The lowest BCUT2D eigenvalue weighted by Crippen LogP contribution is -2.18. The number of alkyl halides is 3. The van der Waals surface area contributed by atoms with Gasteiger partial charge in [-0.05, 0) is 43.3 Å². The maximum Gasteiger partial charge on any atom is 0.416 e. The summed E-state index contributed by atoms with van der Waals surface area (Å²) in [5, 5.41) is 5.51. The number of hydrogen-bond donors (Lipinski definition) is 2. The smallest absolute Gasteiger partial charge is 0.416 e. The van der Waals surface area contributed by atoms with Crippen molar-refractivity contribution < 1.29 is 27.5 Å². The minimum Gasteiger partial charge on any atom is -0.462 e. The SMILES string of the molecule is CCOC(=O)c1ccccc1NC(=O)CCNc1ccc(C(F)(F)F)cc1. The zero-order valence-corrected chi connectivity index (χ0v) is 14.6. The zero-order valence-electron chi connectivity index (χ0n) is 14.6. The van der Waals surface area contributed by atoms with Crippen LogP contribution in [0.3, 0.4) is 0 Å². The number of carbonyl (C=O) groups is 2. The van der Waals surface area contributed by atoms with Gasteiger partial charge in [0.2, 0.25) is 5.91 Å². The number of nitrogens with one attached hydrogen (secondary N) is 2. The number of para-hydroxylation sites is 1. The summed E-state index contributed by atoms with van der Waals surface area (Å²) in [6, 6.07) is 11.0. The largest absolute Gasteiger partial charge is 0.462 e. The molecule has 0 unspecified atom stereocenters. The van der Waals surface area contributed by atoms with Gasteiger partial charge in [-0.3, -0.25) is 4.79 Å². The monoisotopic (exact) mass is 380 g/mol. The van der Waals surface area contributed by atoms with Crippen LogP contribution in [0.25, 0.3) is 0 Å². The number of carbonyl (C=O) groups excluding carboxylic acids is 2. The Morgan fingerprint density at radius 1 is 1.04 bits per heavy atom. The van der Waals surface area contributed by atoms with Crippen LogP contribution in [0.2, 0.25) is 0 Å². The summed E-state index contributed by atoms with van der Waals surface area (Å²) in [4.78, 5) is 23.9. The third-order valence-corrected chi connectivity index (χ3v) is 3.59. The van der Waals surface area contributed by atoms with Crippen LogP contribution in [-0.4, -0.2) is 25.0 Å². The average Bonchev–Trinajstić information content (AvgIpc) is 2.62. The van der Waals surface area contributed by atoms with Gasteiger partial charge in [-0.15, -0.1) is 0 Å². The van der Waals surface area contributed by atoms with E-state index < -0.39 is 17.7 Å². The molecule has 0 saturated heterocycles. The molecule has 0 saturated carbocycles. The fourth-order valence-electron chi connectivity index (χ4n) is 2.29. The molecular formula is C19H19F3N2O3. The summed E-state index contributed by atoms with van der Waals surface area (Å²) in [6.07, 6.45) is -4.32. The number of benzene rings is 2. The lowest BCUT2D eigenvalue weighted by Gasteiger charge is -2.11. The topological polar surface area (TPSA) is 67.4 Å². The Hall–Kier alpha value is -3.03. The van der Waals surface area contributed by atoms with Gasteiger partial charge in [0.05, 0.1) is 23.4 Å². The summed E-state index contributed by atoms with van der Waals surface area (Å²) >= 11 is 0. The van der Waals surface area contributed by atoms with Crippen LogP contribution in [0, 0.1) is 0 Å².